The van der Waals surface area contributed by atoms with Crippen LogP contribution in [0.15, 0.2) is 42.5 Å². The fourth-order valence-electron chi connectivity index (χ4n) is 2.37. The van der Waals surface area contributed by atoms with E-state index in [1.165, 1.54) is 34.5 Å². The molecule has 1 aliphatic heterocycles. The molecule has 1 heterocycles. The van der Waals surface area contributed by atoms with Crippen LogP contribution >= 0.6 is 11.1 Å². The monoisotopic (exact) mass is 232 g/mol. The number of halogens is 1. The van der Waals surface area contributed by atoms with Crippen molar-refractivity contribution in [3.05, 3.63) is 42.5 Å². The summed E-state index contributed by atoms with van der Waals surface area (Å²) in [5.74, 6) is 0. The molecule has 0 unspecified atom stereocenters. The Balaban J connectivity index is 2.26. The van der Waals surface area contributed by atoms with E-state index < -0.39 is 7.38 Å². The van der Waals surface area contributed by atoms with Gasteiger partial charge in [0.05, 0.1) is 0 Å². The summed E-state index contributed by atoms with van der Waals surface area (Å²) in [6.45, 7) is 0. The van der Waals surface area contributed by atoms with Gasteiger partial charge in [0.1, 0.15) is 0 Å². The van der Waals surface area contributed by atoms with Gasteiger partial charge in [0, 0.05) is 0 Å². The summed E-state index contributed by atoms with van der Waals surface area (Å²) in [7, 11) is -1.57. The van der Waals surface area contributed by atoms with E-state index in [2.05, 4.69) is 42.5 Å². The van der Waals surface area contributed by atoms with Crippen molar-refractivity contribution in [2.75, 3.05) is 0 Å². The topological polar surface area (TPSA) is 0 Å². The lowest BCUT2D eigenvalue weighted by Gasteiger charge is -2.34. The van der Waals surface area contributed by atoms with Gasteiger partial charge >= 0.3 is 0 Å². The van der Waals surface area contributed by atoms with Gasteiger partial charge in [-0.15, -0.1) is 0 Å². The lowest BCUT2D eigenvalue weighted by molar-refractivity contribution is 0.940. The van der Waals surface area contributed by atoms with Crippen LogP contribution in [0.1, 0.15) is 6.42 Å². The number of fused-ring (bicyclic) bond motifs is 1. The Morgan fingerprint density at radius 2 is 1.67 bits per heavy atom. The van der Waals surface area contributed by atoms with Gasteiger partial charge in [-0.1, -0.05) is 48.9 Å². The van der Waals surface area contributed by atoms with E-state index in [1.54, 1.807) is 0 Å². The first-order valence-electron chi connectivity index (χ1n) is 5.47. The van der Waals surface area contributed by atoms with Gasteiger partial charge in [-0.2, -0.15) is 11.1 Å². The van der Waals surface area contributed by atoms with Crippen LogP contribution < -0.4 is 5.19 Å². The first-order chi connectivity index (χ1) is 7.30. The second-order valence-electron chi connectivity index (χ2n) is 4.35. The van der Waals surface area contributed by atoms with Crippen molar-refractivity contribution in [2.45, 2.75) is 18.5 Å². The van der Waals surface area contributed by atoms with Crippen molar-refractivity contribution in [3.63, 3.8) is 0 Å². The normalized spacial score (nSPS) is 18.7. The molecule has 0 aliphatic carbocycles. The second-order valence-corrected chi connectivity index (χ2v) is 9.99. The summed E-state index contributed by atoms with van der Waals surface area (Å²) in [5, 5.41) is 4.16. The van der Waals surface area contributed by atoms with Crippen molar-refractivity contribution in [3.8, 4) is 0 Å². The van der Waals surface area contributed by atoms with Crippen LogP contribution in [0.25, 0.3) is 10.8 Å². The number of rotatable bonds is 1. The molecule has 2 aromatic carbocycles. The van der Waals surface area contributed by atoms with E-state index in [1.807, 2.05) is 0 Å². The van der Waals surface area contributed by atoms with E-state index in [-0.39, 0.29) is 0 Å². The Bertz CT molecular complexity index is 497. The Kier molecular flexibility index (Phi) is 2.11. The molecule has 76 valence electrons. The van der Waals surface area contributed by atoms with Crippen LogP contribution in [0, 0.1) is 0 Å². The second kappa shape index (κ2) is 3.36. The molecule has 3 rings (SSSR count). The summed E-state index contributed by atoms with van der Waals surface area (Å²) in [6.07, 6.45) is 1.32. The molecule has 1 aliphatic rings. The number of benzene rings is 2. The average Bonchev–Trinajstić information content (AvgIpc) is 2.25. The molecule has 2 aromatic rings. The van der Waals surface area contributed by atoms with E-state index in [0.717, 1.165) is 0 Å². The summed E-state index contributed by atoms with van der Waals surface area (Å²) in [6, 6.07) is 17.6. The van der Waals surface area contributed by atoms with Gasteiger partial charge in [0.15, 0.2) is 7.38 Å². The molecule has 0 atom stereocenters. The molecule has 0 radical (unpaired) electrons. The zero-order chi connectivity index (χ0) is 10.3. The van der Waals surface area contributed by atoms with Gasteiger partial charge in [0.25, 0.3) is 0 Å². The van der Waals surface area contributed by atoms with Gasteiger partial charge < -0.3 is 0 Å². The molecule has 1 saturated heterocycles. The van der Waals surface area contributed by atoms with Crippen molar-refractivity contribution < 1.29 is 0 Å². The highest BCUT2D eigenvalue weighted by molar-refractivity contribution is 7.29. The predicted octanol–water partition coefficient (Wildman–Crippen LogP) is 3.63. The number of hydrogen-bond donors (Lipinski definition) is 0. The zero-order valence-corrected chi connectivity index (χ0v) is 10.3. The van der Waals surface area contributed by atoms with Crippen molar-refractivity contribution in [1.82, 2.24) is 0 Å². The predicted molar refractivity (Wildman–Crippen MR) is 69.4 cm³/mol. The van der Waals surface area contributed by atoms with E-state index >= 15 is 0 Å². The maximum absolute atomic E-state index is 6.75. The molecule has 0 bridgehead atoms. The number of hydrogen-bond acceptors (Lipinski definition) is 0. The largest absolute Gasteiger partial charge is 0.187 e. The standard InChI is InChI=1S/C13H13ClSi/c14-15(9-4-10-15)13-8-3-6-11-5-1-2-7-12(11)13/h1-3,5-8H,4,9-10H2. The van der Waals surface area contributed by atoms with Gasteiger partial charge in [-0.3, -0.25) is 0 Å². The maximum atomic E-state index is 6.75. The van der Waals surface area contributed by atoms with E-state index in [0.29, 0.717) is 0 Å². The SMILES string of the molecule is Cl[Si]1(c2cccc3ccccc23)CCC1. The fraction of sp³-hybridized carbons (Fsp3) is 0.231. The molecule has 15 heavy (non-hydrogen) atoms. The third-order valence-electron chi connectivity index (χ3n) is 3.42. The highest BCUT2D eigenvalue weighted by Crippen LogP contribution is 2.36. The molecule has 0 nitrogen and oxygen atoms in total. The Labute approximate surface area is 95.6 Å². The molecule has 0 spiro atoms. The summed E-state index contributed by atoms with van der Waals surface area (Å²) >= 11 is 6.75. The first kappa shape index (κ1) is 9.43. The Morgan fingerprint density at radius 3 is 2.40 bits per heavy atom. The molecule has 1 fully saturated rings. The zero-order valence-electron chi connectivity index (χ0n) is 8.54. The van der Waals surface area contributed by atoms with Gasteiger partial charge in [-0.05, 0) is 28.0 Å². The third-order valence-corrected chi connectivity index (χ3v) is 8.86. The summed E-state index contributed by atoms with van der Waals surface area (Å²) in [4.78, 5) is 0. The van der Waals surface area contributed by atoms with Gasteiger partial charge in [0.2, 0.25) is 0 Å². The van der Waals surface area contributed by atoms with E-state index in [4.69, 9.17) is 11.1 Å². The minimum Gasteiger partial charge on any atom is -0.161 e. The molecular weight excluding hydrogens is 220 g/mol. The minimum absolute atomic E-state index is 1.25. The summed E-state index contributed by atoms with van der Waals surface area (Å²) in [5.41, 5.74) is 0. The summed E-state index contributed by atoms with van der Waals surface area (Å²) < 4.78 is 0. The van der Waals surface area contributed by atoms with Crippen LogP contribution in [-0.2, 0) is 0 Å². The van der Waals surface area contributed by atoms with E-state index in [9.17, 15) is 0 Å². The molecule has 0 saturated carbocycles. The smallest absolute Gasteiger partial charge is 0.161 e. The van der Waals surface area contributed by atoms with Crippen molar-refractivity contribution in [2.24, 2.45) is 0 Å². The quantitative estimate of drug-likeness (QED) is 0.520. The minimum atomic E-state index is -1.57. The van der Waals surface area contributed by atoms with Crippen LogP contribution in [0.3, 0.4) is 0 Å². The van der Waals surface area contributed by atoms with Crippen LogP contribution in [0.2, 0.25) is 12.1 Å². The molecular formula is C13H13ClSi. The lowest BCUT2D eigenvalue weighted by Crippen LogP contribution is -2.48. The van der Waals surface area contributed by atoms with Crippen molar-refractivity contribution in [1.29, 1.82) is 0 Å². The van der Waals surface area contributed by atoms with Gasteiger partial charge in [-0.25, -0.2) is 0 Å². The molecule has 2 heteroatoms. The highest BCUT2D eigenvalue weighted by atomic mass is 35.6. The molecule has 0 amide bonds. The van der Waals surface area contributed by atoms with Crippen LogP contribution in [0.5, 0.6) is 0 Å². The Morgan fingerprint density at radius 1 is 0.933 bits per heavy atom. The molecule has 0 aromatic heterocycles. The third kappa shape index (κ3) is 1.42. The van der Waals surface area contributed by atoms with Crippen LogP contribution in [0.4, 0.5) is 0 Å². The Hall–Kier alpha value is -0.793. The average molecular weight is 233 g/mol. The lowest BCUT2D eigenvalue weighted by atomic mass is 10.1. The maximum Gasteiger partial charge on any atom is 0.187 e. The first-order valence-corrected chi connectivity index (χ1v) is 8.89. The highest BCUT2D eigenvalue weighted by Gasteiger charge is 2.40. The molecule has 0 N–H and O–H groups in total. The van der Waals surface area contributed by atoms with Crippen LogP contribution in [-0.4, -0.2) is 7.38 Å². The van der Waals surface area contributed by atoms with Crippen molar-refractivity contribution >= 4 is 34.4 Å². The fourth-order valence-corrected chi connectivity index (χ4v) is 6.29.